The van der Waals surface area contributed by atoms with Gasteiger partial charge in [-0.15, -0.1) is 0 Å². The molecule has 0 radical (unpaired) electrons. The van der Waals surface area contributed by atoms with Crippen molar-refractivity contribution in [3.63, 3.8) is 0 Å². The van der Waals surface area contributed by atoms with E-state index >= 15 is 0 Å². The molecule has 1 saturated heterocycles. The third-order valence-electron chi connectivity index (χ3n) is 3.20. The van der Waals surface area contributed by atoms with Gasteiger partial charge >= 0.3 is 0 Å². The van der Waals surface area contributed by atoms with Gasteiger partial charge in [-0.2, -0.15) is 0 Å². The first-order valence-corrected chi connectivity index (χ1v) is 7.42. The number of nitrogens with one attached hydrogen (secondary N) is 1. The van der Waals surface area contributed by atoms with Crippen molar-refractivity contribution >= 4 is 17.4 Å². The fourth-order valence-electron chi connectivity index (χ4n) is 2.01. The predicted molar refractivity (Wildman–Crippen MR) is 81.5 cm³/mol. The third-order valence-corrected chi connectivity index (χ3v) is 3.40. The predicted octanol–water partition coefficient (Wildman–Crippen LogP) is 2.17. The minimum absolute atomic E-state index is 0.106. The summed E-state index contributed by atoms with van der Waals surface area (Å²) in [6.07, 6.45) is 0. The number of aromatic nitrogens is 2. The van der Waals surface area contributed by atoms with E-state index in [1.807, 2.05) is 0 Å². The van der Waals surface area contributed by atoms with Crippen LogP contribution in [0.1, 0.15) is 26.6 Å². The highest BCUT2D eigenvalue weighted by Gasteiger charge is 2.18. The van der Waals surface area contributed by atoms with Gasteiger partial charge in [-0.3, -0.25) is 4.90 Å². The highest BCUT2D eigenvalue weighted by Crippen LogP contribution is 2.22. The van der Waals surface area contributed by atoms with E-state index in [1.54, 1.807) is 6.07 Å². The van der Waals surface area contributed by atoms with Crippen molar-refractivity contribution < 1.29 is 4.74 Å². The molecular weight excluding hydrogens is 276 g/mol. The highest BCUT2D eigenvalue weighted by atomic mass is 35.5. The number of rotatable bonds is 4. The van der Waals surface area contributed by atoms with Gasteiger partial charge in [0.1, 0.15) is 16.8 Å². The largest absolute Gasteiger partial charge is 0.379 e. The Kier molecular flexibility index (Phi) is 5.18. The van der Waals surface area contributed by atoms with Crippen molar-refractivity contribution in [2.75, 3.05) is 44.7 Å². The van der Waals surface area contributed by atoms with Crippen LogP contribution >= 0.6 is 11.6 Å². The number of halogens is 1. The molecule has 6 heteroatoms. The zero-order chi connectivity index (χ0) is 14.6. The van der Waals surface area contributed by atoms with Crippen LogP contribution in [0.25, 0.3) is 0 Å². The van der Waals surface area contributed by atoms with Crippen LogP contribution in [-0.4, -0.2) is 54.3 Å². The molecule has 1 aromatic rings. The van der Waals surface area contributed by atoms with E-state index in [0.29, 0.717) is 5.15 Å². The van der Waals surface area contributed by atoms with E-state index in [0.717, 1.165) is 51.0 Å². The Balaban J connectivity index is 1.90. The van der Waals surface area contributed by atoms with E-state index < -0.39 is 0 Å². The Morgan fingerprint density at radius 1 is 1.30 bits per heavy atom. The molecule has 0 atom stereocenters. The summed E-state index contributed by atoms with van der Waals surface area (Å²) < 4.78 is 5.33. The van der Waals surface area contributed by atoms with Gasteiger partial charge in [-0.05, 0) is 0 Å². The Morgan fingerprint density at radius 3 is 2.65 bits per heavy atom. The van der Waals surface area contributed by atoms with Gasteiger partial charge in [0.05, 0.1) is 13.2 Å². The summed E-state index contributed by atoms with van der Waals surface area (Å²) in [5, 5.41) is 3.81. The van der Waals surface area contributed by atoms with Crippen molar-refractivity contribution in [2.24, 2.45) is 0 Å². The number of morpholine rings is 1. The molecule has 112 valence electrons. The number of hydrogen-bond donors (Lipinski definition) is 1. The molecule has 0 spiro atoms. The summed E-state index contributed by atoms with van der Waals surface area (Å²) in [7, 11) is 0. The molecule has 0 bridgehead atoms. The van der Waals surface area contributed by atoms with Gasteiger partial charge in [-0.1, -0.05) is 32.4 Å². The number of nitrogens with zero attached hydrogens (tertiary/aromatic N) is 3. The molecule has 1 aliphatic heterocycles. The second-order valence-electron chi connectivity index (χ2n) is 6.03. The molecule has 2 heterocycles. The van der Waals surface area contributed by atoms with Gasteiger partial charge in [0.2, 0.25) is 0 Å². The Labute approximate surface area is 125 Å². The van der Waals surface area contributed by atoms with Gasteiger partial charge in [0.25, 0.3) is 0 Å². The second-order valence-corrected chi connectivity index (χ2v) is 6.42. The molecule has 0 saturated carbocycles. The van der Waals surface area contributed by atoms with E-state index in [2.05, 4.69) is 41.0 Å². The van der Waals surface area contributed by atoms with Crippen LogP contribution < -0.4 is 5.32 Å². The second kappa shape index (κ2) is 6.70. The first-order valence-electron chi connectivity index (χ1n) is 7.04. The molecule has 1 N–H and O–H groups in total. The molecule has 1 aliphatic rings. The van der Waals surface area contributed by atoms with E-state index in [4.69, 9.17) is 16.3 Å². The Morgan fingerprint density at radius 2 is 2.00 bits per heavy atom. The maximum atomic E-state index is 6.07. The van der Waals surface area contributed by atoms with E-state index in [9.17, 15) is 0 Å². The molecule has 20 heavy (non-hydrogen) atoms. The monoisotopic (exact) mass is 298 g/mol. The number of hydrogen-bond acceptors (Lipinski definition) is 5. The summed E-state index contributed by atoms with van der Waals surface area (Å²) >= 11 is 6.07. The van der Waals surface area contributed by atoms with Crippen molar-refractivity contribution in [1.29, 1.82) is 0 Å². The average Bonchev–Trinajstić information content (AvgIpc) is 2.38. The molecule has 2 rings (SSSR count). The van der Waals surface area contributed by atoms with Crippen LogP contribution in [0.2, 0.25) is 5.15 Å². The summed E-state index contributed by atoms with van der Waals surface area (Å²) in [5.74, 6) is 1.56. The molecule has 0 aliphatic carbocycles. The van der Waals surface area contributed by atoms with Gasteiger partial charge in [0, 0.05) is 37.7 Å². The van der Waals surface area contributed by atoms with Crippen molar-refractivity contribution in [1.82, 2.24) is 14.9 Å². The minimum Gasteiger partial charge on any atom is -0.379 e. The molecule has 0 aromatic carbocycles. The zero-order valence-electron chi connectivity index (χ0n) is 12.4. The zero-order valence-corrected chi connectivity index (χ0v) is 13.2. The molecule has 0 unspecified atom stereocenters. The summed E-state index contributed by atoms with van der Waals surface area (Å²) in [5.41, 5.74) is -0.106. The quantitative estimate of drug-likeness (QED) is 0.864. The lowest BCUT2D eigenvalue weighted by molar-refractivity contribution is 0.0398. The average molecular weight is 299 g/mol. The molecule has 1 fully saturated rings. The number of anilines is 1. The van der Waals surface area contributed by atoms with Crippen LogP contribution in [0, 0.1) is 0 Å². The summed E-state index contributed by atoms with van der Waals surface area (Å²) in [4.78, 5) is 11.2. The summed E-state index contributed by atoms with van der Waals surface area (Å²) in [6.45, 7) is 11.7. The van der Waals surface area contributed by atoms with Crippen molar-refractivity contribution in [3.8, 4) is 0 Å². The lowest BCUT2D eigenvalue weighted by atomic mass is 9.96. The maximum absolute atomic E-state index is 6.07. The first-order chi connectivity index (χ1) is 9.45. The maximum Gasteiger partial charge on any atom is 0.137 e. The summed E-state index contributed by atoms with van der Waals surface area (Å²) in [6, 6.07) is 1.77. The molecular formula is C14H23ClN4O. The lowest BCUT2D eigenvalue weighted by Gasteiger charge is -2.26. The van der Waals surface area contributed by atoms with Crippen molar-refractivity contribution in [2.45, 2.75) is 26.2 Å². The highest BCUT2D eigenvalue weighted by molar-refractivity contribution is 6.29. The molecule has 0 amide bonds. The Bertz CT molecular complexity index is 441. The fraction of sp³-hybridized carbons (Fsp3) is 0.714. The Hall–Kier alpha value is -0.910. The topological polar surface area (TPSA) is 50.3 Å². The van der Waals surface area contributed by atoms with Gasteiger partial charge in [0.15, 0.2) is 0 Å². The van der Waals surface area contributed by atoms with Crippen LogP contribution in [0.4, 0.5) is 5.82 Å². The smallest absolute Gasteiger partial charge is 0.137 e. The van der Waals surface area contributed by atoms with Crippen LogP contribution in [-0.2, 0) is 10.2 Å². The third kappa shape index (κ3) is 4.58. The van der Waals surface area contributed by atoms with Gasteiger partial charge < -0.3 is 10.1 Å². The fourth-order valence-corrected chi connectivity index (χ4v) is 2.19. The lowest BCUT2D eigenvalue weighted by Crippen LogP contribution is -2.39. The number of ether oxygens (including phenoxy) is 1. The van der Waals surface area contributed by atoms with Crippen LogP contribution in [0.3, 0.4) is 0 Å². The van der Waals surface area contributed by atoms with Crippen molar-refractivity contribution in [3.05, 3.63) is 17.0 Å². The van der Waals surface area contributed by atoms with Crippen LogP contribution in [0.15, 0.2) is 6.07 Å². The first kappa shape index (κ1) is 15.5. The molecule has 1 aromatic heterocycles. The molecule has 5 nitrogen and oxygen atoms in total. The van der Waals surface area contributed by atoms with E-state index in [-0.39, 0.29) is 5.41 Å². The minimum atomic E-state index is -0.106. The standard InChI is InChI=1S/C14H23ClN4O/c1-14(2,3)13-17-11(15)10-12(18-13)16-4-5-19-6-8-20-9-7-19/h10H,4-9H2,1-3H3,(H,16,17,18). The van der Waals surface area contributed by atoms with Crippen LogP contribution in [0.5, 0.6) is 0 Å². The van der Waals surface area contributed by atoms with Gasteiger partial charge in [-0.25, -0.2) is 9.97 Å². The SMILES string of the molecule is CC(C)(C)c1nc(Cl)cc(NCCN2CCOCC2)n1. The normalized spacial score (nSPS) is 17.2. The van der Waals surface area contributed by atoms with E-state index in [1.165, 1.54) is 0 Å².